The summed E-state index contributed by atoms with van der Waals surface area (Å²) in [5.41, 5.74) is 18.4. The van der Waals surface area contributed by atoms with Crippen LogP contribution in [0, 0.1) is 11.3 Å². The van der Waals surface area contributed by atoms with Crippen molar-refractivity contribution in [2.45, 2.75) is 0 Å². The van der Waals surface area contributed by atoms with E-state index in [1.165, 1.54) is 12.1 Å². The number of hydrogen-bond acceptors (Lipinski definition) is 6. The SMILES string of the molecule is N#Cc1c(N)nc(N)c(N)c1-c1cccc(O)c1. The van der Waals surface area contributed by atoms with Gasteiger partial charge < -0.3 is 22.3 Å². The molecule has 0 aliphatic heterocycles. The zero-order valence-corrected chi connectivity index (χ0v) is 9.38. The van der Waals surface area contributed by atoms with Gasteiger partial charge in [-0.05, 0) is 17.7 Å². The van der Waals surface area contributed by atoms with E-state index in [2.05, 4.69) is 4.98 Å². The zero-order valence-electron chi connectivity index (χ0n) is 9.38. The molecule has 2 aromatic rings. The minimum atomic E-state index is 0.0162. The number of benzene rings is 1. The standard InChI is InChI=1S/C12H11N5O/c13-5-8-9(6-2-1-3-7(18)4-6)10(14)12(16)17-11(8)15/h1-4,18H,14H2,(H4,15,16,17). The number of nitriles is 1. The smallest absolute Gasteiger partial charge is 0.149 e. The second-order valence-corrected chi connectivity index (χ2v) is 3.71. The number of aromatic hydroxyl groups is 1. The molecule has 6 heteroatoms. The Balaban J connectivity index is 2.82. The van der Waals surface area contributed by atoms with Gasteiger partial charge in [0.1, 0.15) is 29.0 Å². The Bertz CT molecular complexity index is 660. The molecule has 2 rings (SSSR count). The minimum Gasteiger partial charge on any atom is -0.508 e. The fraction of sp³-hybridized carbons (Fsp3) is 0. The van der Waals surface area contributed by atoms with E-state index >= 15 is 0 Å². The molecule has 0 bridgehead atoms. The fourth-order valence-corrected chi connectivity index (χ4v) is 1.71. The Morgan fingerprint density at radius 1 is 1.17 bits per heavy atom. The van der Waals surface area contributed by atoms with E-state index in [1.54, 1.807) is 12.1 Å². The topological polar surface area (TPSA) is 135 Å². The van der Waals surface area contributed by atoms with Gasteiger partial charge in [0.05, 0.1) is 5.69 Å². The number of aromatic nitrogens is 1. The minimum absolute atomic E-state index is 0.0162. The lowest BCUT2D eigenvalue weighted by Crippen LogP contribution is -2.06. The lowest BCUT2D eigenvalue weighted by atomic mass is 9.99. The molecule has 90 valence electrons. The van der Waals surface area contributed by atoms with Crippen LogP contribution in [-0.2, 0) is 0 Å². The van der Waals surface area contributed by atoms with Crippen molar-refractivity contribution in [3.8, 4) is 22.9 Å². The summed E-state index contributed by atoms with van der Waals surface area (Å²) in [6.07, 6.45) is 0. The molecule has 0 fully saturated rings. The van der Waals surface area contributed by atoms with Gasteiger partial charge in [0.2, 0.25) is 0 Å². The number of anilines is 3. The molecular formula is C12H11N5O. The maximum absolute atomic E-state index is 9.47. The Labute approximate surface area is 103 Å². The van der Waals surface area contributed by atoms with E-state index in [4.69, 9.17) is 22.5 Å². The summed E-state index contributed by atoms with van der Waals surface area (Å²) in [4.78, 5) is 3.80. The molecule has 0 spiro atoms. The van der Waals surface area contributed by atoms with Crippen LogP contribution in [0.15, 0.2) is 24.3 Å². The number of pyridine rings is 1. The molecule has 7 N–H and O–H groups in total. The number of nitrogen functional groups attached to an aromatic ring is 3. The molecule has 0 amide bonds. The third-order valence-electron chi connectivity index (χ3n) is 2.54. The fourth-order valence-electron chi connectivity index (χ4n) is 1.71. The van der Waals surface area contributed by atoms with Gasteiger partial charge in [-0.1, -0.05) is 12.1 Å². The third kappa shape index (κ3) is 1.74. The van der Waals surface area contributed by atoms with Gasteiger partial charge in [-0.25, -0.2) is 4.98 Å². The molecule has 0 saturated heterocycles. The first kappa shape index (κ1) is 11.5. The Hall–Kier alpha value is -2.94. The molecule has 1 aromatic heterocycles. The van der Waals surface area contributed by atoms with Crippen LogP contribution in [0.2, 0.25) is 0 Å². The molecule has 1 aromatic carbocycles. The van der Waals surface area contributed by atoms with Crippen molar-refractivity contribution in [3.05, 3.63) is 29.8 Å². The summed E-state index contributed by atoms with van der Waals surface area (Å²) in [5.74, 6) is 0.136. The first-order valence-electron chi connectivity index (χ1n) is 5.08. The van der Waals surface area contributed by atoms with E-state index in [0.717, 1.165) is 0 Å². The van der Waals surface area contributed by atoms with E-state index < -0.39 is 0 Å². The summed E-state index contributed by atoms with van der Waals surface area (Å²) in [6.45, 7) is 0. The highest BCUT2D eigenvalue weighted by Gasteiger charge is 2.16. The second kappa shape index (κ2) is 4.14. The molecule has 6 nitrogen and oxygen atoms in total. The average molecular weight is 241 g/mol. The van der Waals surface area contributed by atoms with Crippen LogP contribution >= 0.6 is 0 Å². The van der Waals surface area contributed by atoms with Crippen molar-refractivity contribution in [2.75, 3.05) is 17.2 Å². The monoisotopic (exact) mass is 241 g/mol. The van der Waals surface area contributed by atoms with Crippen LogP contribution in [0.4, 0.5) is 17.3 Å². The van der Waals surface area contributed by atoms with Gasteiger partial charge in [-0.2, -0.15) is 5.26 Å². The van der Waals surface area contributed by atoms with E-state index in [1.807, 2.05) is 6.07 Å². The van der Waals surface area contributed by atoms with E-state index in [0.29, 0.717) is 11.1 Å². The van der Waals surface area contributed by atoms with Gasteiger partial charge in [0.15, 0.2) is 0 Å². The maximum Gasteiger partial charge on any atom is 0.149 e. The Morgan fingerprint density at radius 3 is 2.50 bits per heavy atom. The second-order valence-electron chi connectivity index (χ2n) is 3.71. The molecule has 18 heavy (non-hydrogen) atoms. The summed E-state index contributed by atoms with van der Waals surface area (Å²) in [5, 5.41) is 18.6. The van der Waals surface area contributed by atoms with Crippen LogP contribution < -0.4 is 17.2 Å². The van der Waals surface area contributed by atoms with Crippen LogP contribution in [0.25, 0.3) is 11.1 Å². The van der Waals surface area contributed by atoms with Gasteiger partial charge in [-0.15, -0.1) is 0 Å². The van der Waals surface area contributed by atoms with Crippen LogP contribution in [0.1, 0.15) is 5.56 Å². The van der Waals surface area contributed by atoms with E-state index in [9.17, 15) is 5.11 Å². The lowest BCUT2D eigenvalue weighted by Gasteiger charge is -2.12. The summed E-state index contributed by atoms with van der Waals surface area (Å²) in [7, 11) is 0. The van der Waals surface area contributed by atoms with Crippen LogP contribution in [0.5, 0.6) is 5.75 Å². The highest BCUT2D eigenvalue weighted by molar-refractivity contribution is 5.90. The summed E-state index contributed by atoms with van der Waals surface area (Å²) < 4.78 is 0. The zero-order chi connectivity index (χ0) is 13.3. The quantitative estimate of drug-likeness (QED) is 0.589. The molecule has 0 unspecified atom stereocenters. The highest BCUT2D eigenvalue weighted by Crippen LogP contribution is 2.36. The van der Waals surface area contributed by atoms with Gasteiger partial charge in [0, 0.05) is 5.56 Å². The summed E-state index contributed by atoms with van der Waals surface area (Å²) in [6, 6.07) is 8.27. The molecular weight excluding hydrogens is 230 g/mol. The molecule has 0 aliphatic carbocycles. The number of rotatable bonds is 1. The number of hydrogen-bond donors (Lipinski definition) is 4. The Morgan fingerprint density at radius 2 is 1.89 bits per heavy atom. The molecule has 0 atom stereocenters. The average Bonchev–Trinajstić information content (AvgIpc) is 2.33. The maximum atomic E-state index is 9.47. The van der Waals surface area contributed by atoms with E-state index in [-0.39, 0.29) is 28.6 Å². The van der Waals surface area contributed by atoms with Crippen molar-refractivity contribution >= 4 is 17.3 Å². The van der Waals surface area contributed by atoms with Gasteiger partial charge in [0.25, 0.3) is 0 Å². The number of nitrogens with zero attached hydrogens (tertiary/aromatic N) is 2. The molecule has 0 aliphatic rings. The normalized spacial score (nSPS) is 9.94. The number of phenolic OH excluding ortho intramolecular Hbond substituents is 1. The van der Waals surface area contributed by atoms with Gasteiger partial charge >= 0.3 is 0 Å². The lowest BCUT2D eigenvalue weighted by molar-refractivity contribution is 0.475. The first-order chi connectivity index (χ1) is 8.54. The molecule has 0 radical (unpaired) electrons. The summed E-state index contributed by atoms with van der Waals surface area (Å²) >= 11 is 0. The van der Waals surface area contributed by atoms with Crippen molar-refractivity contribution in [1.82, 2.24) is 4.98 Å². The van der Waals surface area contributed by atoms with Crippen molar-refractivity contribution in [3.63, 3.8) is 0 Å². The number of phenols is 1. The highest BCUT2D eigenvalue weighted by atomic mass is 16.3. The molecule has 0 saturated carbocycles. The predicted octanol–water partition coefficient (Wildman–Crippen LogP) is 1.07. The van der Waals surface area contributed by atoms with Gasteiger partial charge in [-0.3, -0.25) is 0 Å². The Kier molecular flexibility index (Phi) is 2.66. The largest absolute Gasteiger partial charge is 0.508 e. The number of nitrogens with two attached hydrogens (primary N) is 3. The molecule has 1 heterocycles. The van der Waals surface area contributed by atoms with Crippen LogP contribution in [0.3, 0.4) is 0 Å². The van der Waals surface area contributed by atoms with Crippen molar-refractivity contribution in [1.29, 1.82) is 5.26 Å². The predicted molar refractivity (Wildman–Crippen MR) is 69.3 cm³/mol. The van der Waals surface area contributed by atoms with Crippen LogP contribution in [-0.4, -0.2) is 10.1 Å². The van der Waals surface area contributed by atoms with Crippen molar-refractivity contribution in [2.24, 2.45) is 0 Å². The first-order valence-corrected chi connectivity index (χ1v) is 5.08. The third-order valence-corrected chi connectivity index (χ3v) is 2.54. The van der Waals surface area contributed by atoms with Crippen molar-refractivity contribution < 1.29 is 5.11 Å².